The number of hydrogen-bond acceptors (Lipinski definition) is 4. The topological polar surface area (TPSA) is 85.8 Å². The Morgan fingerprint density at radius 3 is 2.79 bits per heavy atom. The van der Waals surface area contributed by atoms with E-state index in [4.69, 9.17) is 6.42 Å². The van der Waals surface area contributed by atoms with Gasteiger partial charge in [0.25, 0.3) is 0 Å². The molecule has 0 fully saturated rings. The Morgan fingerprint density at radius 2 is 2.03 bits per heavy atom. The Morgan fingerprint density at radius 1 is 1.21 bits per heavy atom. The number of aliphatic hydroxyl groups excluding tert-OH is 1. The quantitative estimate of drug-likeness (QED) is 0.288. The van der Waals surface area contributed by atoms with Crippen molar-refractivity contribution >= 4 is 39.0 Å². The minimum absolute atomic E-state index is 0.0267. The first-order valence-electron chi connectivity index (χ1n) is 9.06. The summed E-state index contributed by atoms with van der Waals surface area (Å²) in [6.07, 6.45) is 4.69. The van der Waals surface area contributed by atoms with Crippen molar-refractivity contribution in [1.29, 1.82) is 0 Å². The fraction of sp³-hybridized carbons (Fsp3) is 0.182. The molecular formula is C22H22N4O2S. The van der Waals surface area contributed by atoms with Crippen molar-refractivity contribution in [2.24, 2.45) is 4.99 Å². The number of thiophene rings is 1. The van der Waals surface area contributed by atoms with Gasteiger partial charge in [0.1, 0.15) is 6.10 Å². The SMILES string of the molecule is C#Cc1cccc(NC(=O)CNC(=NC)NCC(O)c2cc3ccccc3s2)c1. The number of anilines is 1. The van der Waals surface area contributed by atoms with E-state index in [-0.39, 0.29) is 19.0 Å². The molecule has 0 saturated heterocycles. The number of aliphatic imine (C=N–C) groups is 1. The number of benzene rings is 2. The van der Waals surface area contributed by atoms with Gasteiger partial charge in [0.05, 0.1) is 6.54 Å². The molecule has 1 aromatic heterocycles. The first-order valence-corrected chi connectivity index (χ1v) is 9.88. The number of carbonyl (C=O) groups is 1. The van der Waals surface area contributed by atoms with Crippen LogP contribution < -0.4 is 16.0 Å². The second kappa shape index (κ2) is 9.73. The Hall–Kier alpha value is -3.34. The number of amides is 1. The zero-order valence-corrected chi connectivity index (χ0v) is 16.8. The number of aliphatic hydroxyl groups is 1. The minimum Gasteiger partial charge on any atom is -0.386 e. The van der Waals surface area contributed by atoms with Gasteiger partial charge in [0, 0.05) is 34.4 Å². The zero-order chi connectivity index (χ0) is 20.6. The van der Waals surface area contributed by atoms with Crippen LogP contribution >= 0.6 is 11.3 Å². The lowest BCUT2D eigenvalue weighted by Crippen LogP contribution is -2.42. The van der Waals surface area contributed by atoms with Crippen LogP contribution in [-0.2, 0) is 4.79 Å². The van der Waals surface area contributed by atoms with Gasteiger partial charge in [0.2, 0.25) is 5.91 Å². The maximum absolute atomic E-state index is 12.1. The molecule has 1 amide bonds. The number of fused-ring (bicyclic) bond motifs is 1. The molecule has 3 aromatic rings. The summed E-state index contributed by atoms with van der Waals surface area (Å²) in [5.74, 6) is 2.73. The van der Waals surface area contributed by atoms with Crippen LogP contribution in [0.15, 0.2) is 59.6 Å². The summed E-state index contributed by atoms with van der Waals surface area (Å²) >= 11 is 1.56. The van der Waals surface area contributed by atoms with Crippen LogP contribution in [0.2, 0.25) is 0 Å². The highest BCUT2D eigenvalue weighted by Crippen LogP contribution is 2.29. The molecule has 0 bridgehead atoms. The number of hydrogen-bond donors (Lipinski definition) is 4. The number of nitrogens with one attached hydrogen (secondary N) is 3. The third-order valence-corrected chi connectivity index (χ3v) is 5.41. The fourth-order valence-corrected chi connectivity index (χ4v) is 3.79. The van der Waals surface area contributed by atoms with Gasteiger partial charge in [-0.1, -0.05) is 30.2 Å². The van der Waals surface area contributed by atoms with E-state index in [1.165, 1.54) is 0 Å². The molecule has 6 nitrogen and oxygen atoms in total. The molecule has 0 aliphatic rings. The smallest absolute Gasteiger partial charge is 0.243 e. The van der Waals surface area contributed by atoms with Gasteiger partial charge in [-0.3, -0.25) is 9.79 Å². The summed E-state index contributed by atoms with van der Waals surface area (Å²) in [6.45, 7) is 0.303. The van der Waals surface area contributed by atoms with E-state index in [0.29, 0.717) is 17.2 Å². The molecule has 1 atom stereocenters. The van der Waals surface area contributed by atoms with Crippen LogP contribution in [0.1, 0.15) is 16.5 Å². The number of rotatable bonds is 6. The Balaban J connectivity index is 1.48. The lowest BCUT2D eigenvalue weighted by Gasteiger charge is -2.14. The van der Waals surface area contributed by atoms with Crippen LogP contribution in [0.4, 0.5) is 5.69 Å². The first-order chi connectivity index (χ1) is 14.1. The van der Waals surface area contributed by atoms with Crippen LogP contribution in [0.5, 0.6) is 0 Å². The third-order valence-electron chi connectivity index (χ3n) is 4.19. The Kier molecular flexibility index (Phi) is 6.85. The Bertz CT molecular complexity index is 1030. The average molecular weight is 407 g/mol. The van der Waals surface area contributed by atoms with E-state index in [9.17, 15) is 9.90 Å². The highest BCUT2D eigenvalue weighted by Gasteiger charge is 2.12. The molecule has 29 heavy (non-hydrogen) atoms. The van der Waals surface area contributed by atoms with Gasteiger partial charge in [0.15, 0.2) is 5.96 Å². The zero-order valence-electron chi connectivity index (χ0n) is 16.0. The van der Waals surface area contributed by atoms with Gasteiger partial charge >= 0.3 is 0 Å². The van der Waals surface area contributed by atoms with Crippen molar-refractivity contribution in [2.75, 3.05) is 25.5 Å². The highest BCUT2D eigenvalue weighted by molar-refractivity contribution is 7.19. The van der Waals surface area contributed by atoms with E-state index in [1.54, 1.807) is 42.6 Å². The van der Waals surface area contributed by atoms with Gasteiger partial charge in [-0.05, 0) is 35.7 Å². The molecule has 0 saturated carbocycles. The standard InChI is InChI=1S/C22H22N4O2S/c1-3-15-7-6-9-17(11-15)26-21(28)14-25-22(23-2)24-13-18(27)20-12-16-8-4-5-10-19(16)29-20/h1,4-12,18,27H,13-14H2,2H3,(H,26,28)(H2,23,24,25). The van der Waals surface area contributed by atoms with Crippen molar-refractivity contribution in [3.63, 3.8) is 0 Å². The van der Waals surface area contributed by atoms with Crippen molar-refractivity contribution in [3.8, 4) is 12.3 Å². The van der Waals surface area contributed by atoms with Gasteiger partial charge < -0.3 is 21.1 Å². The predicted octanol–water partition coefficient (Wildman–Crippen LogP) is 2.72. The highest BCUT2D eigenvalue weighted by atomic mass is 32.1. The molecule has 4 N–H and O–H groups in total. The van der Waals surface area contributed by atoms with Crippen molar-refractivity contribution in [2.45, 2.75) is 6.10 Å². The Labute approximate surface area is 173 Å². The molecule has 1 heterocycles. The van der Waals surface area contributed by atoms with E-state index in [2.05, 4.69) is 26.9 Å². The van der Waals surface area contributed by atoms with E-state index >= 15 is 0 Å². The molecule has 0 aliphatic carbocycles. The van der Waals surface area contributed by atoms with Crippen LogP contribution in [0, 0.1) is 12.3 Å². The molecule has 2 aromatic carbocycles. The van der Waals surface area contributed by atoms with E-state index in [0.717, 1.165) is 15.0 Å². The van der Waals surface area contributed by atoms with Gasteiger partial charge in [-0.2, -0.15) is 0 Å². The largest absolute Gasteiger partial charge is 0.386 e. The molecule has 0 aliphatic heterocycles. The number of guanidine groups is 1. The molecule has 148 valence electrons. The predicted molar refractivity (Wildman–Crippen MR) is 119 cm³/mol. The number of nitrogens with zero attached hydrogens (tertiary/aromatic N) is 1. The summed E-state index contributed by atoms with van der Waals surface area (Å²) < 4.78 is 1.13. The van der Waals surface area contributed by atoms with Crippen LogP contribution in [0.3, 0.4) is 0 Å². The number of terminal acetylenes is 1. The molecule has 0 spiro atoms. The monoisotopic (exact) mass is 406 g/mol. The van der Waals surface area contributed by atoms with E-state index < -0.39 is 6.10 Å². The van der Waals surface area contributed by atoms with Crippen LogP contribution in [0.25, 0.3) is 10.1 Å². The summed E-state index contributed by atoms with van der Waals surface area (Å²) in [5.41, 5.74) is 1.33. The van der Waals surface area contributed by atoms with Crippen molar-refractivity contribution < 1.29 is 9.90 Å². The molecule has 3 rings (SSSR count). The summed E-state index contributed by atoms with van der Waals surface area (Å²) in [7, 11) is 1.61. The second-order valence-corrected chi connectivity index (χ2v) is 7.40. The molecule has 7 heteroatoms. The van der Waals surface area contributed by atoms with Crippen molar-refractivity contribution in [1.82, 2.24) is 10.6 Å². The van der Waals surface area contributed by atoms with Crippen molar-refractivity contribution in [3.05, 3.63) is 65.0 Å². The maximum Gasteiger partial charge on any atom is 0.243 e. The molecule has 0 radical (unpaired) electrons. The van der Waals surface area contributed by atoms with E-state index in [1.807, 2.05) is 30.3 Å². The third kappa shape index (κ3) is 5.57. The maximum atomic E-state index is 12.1. The van der Waals surface area contributed by atoms with Crippen LogP contribution in [-0.4, -0.2) is 37.1 Å². The van der Waals surface area contributed by atoms with Gasteiger partial charge in [-0.15, -0.1) is 17.8 Å². The normalized spacial score (nSPS) is 12.2. The molecule has 1 unspecified atom stereocenters. The number of carbonyl (C=O) groups excluding carboxylic acids is 1. The lowest BCUT2D eigenvalue weighted by molar-refractivity contribution is -0.115. The van der Waals surface area contributed by atoms with Gasteiger partial charge in [-0.25, -0.2) is 0 Å². The fourth-order valence-electron chi connectivity index (χ4n) is 2.74. The lowest BCUT2D eigenvalue weighted by atomic mass is 10.2. The first kappa shape index (κ1) is 20.4. The summed E-state index contributed by atoms with van der Waals surface area (Å²) in [4.78, 5) is 17.1. The summed E-state index contributed by atoms with van der Waals surface area (Å²) in [5, 5.41) is 20.3. The average Bonchev–Trinajstić information content (AvgIpc) is 3.18. The molecular weight excluding hydrogens is 384 g/mol. The minimum atomic E-state index is -0.675. The summed E-state index contributed by atoms with van der Waals surface area (Å²) in [6, 6.07) is 17.1. The second-order valence-electron chi connectivity index (χ2n) is 6.28.